The zero-order valence-corrected chi connectivity index (χ0v) is 23.1. The predicted molar refractivity (Wildman–Crippen MR) is 154 cm³/mol. The van der Waals surface area contributed by atoms with Crippen LogP contribution in [0.1, 0.15) is 62.2 Å². The lowest BCUT2D eigenvalue weighted by Gasteiger charge is -2.13. The Morgan fingerprint density at radius 3 is 2.50 bits per heavy atom. The highest BCUT2D eigenvalue weighted by atomic mass is 32.1. The molecule has 2 aromatic carbocycles. The number of nitrogens with two attached hydrogens (primary N) is 1. The molecule has 14 heteroatoms. The summed E-state index contributed by atoms with van der Waals surface area (Å²) < 4.78 is 70.6. The van der Waals surface area contributed by atoms with Gasteiger partial charge in [-0.25, -0.2) is 23.3 Å². The van der Waals surface area contributed by atoms with Crippen LogP contribution in [0.4, 0.5) is 27.6 Å². The van der Waals surface area contributed by atoms with Crippen molar-refractivity contribution < 1.29 is 31.5 Å². The SMILES string of the molecule is NC(=O)c1sc2nc(C(F)F)cc(C3CC3)c2c1NC(=O)c1cnn2c(C(F)(F)F)cc(-c3cccc4ccccc34)nc12. The monoisotopic (exact) mass is 622 g/mol. The Morgan fingerprint density at radius 1 is 1.05 bits per heavy atom. The molecule has 1 saturated carbocycles. The van der Waals surface area contributed by atoms with Crippen LogP contribution in [0.2, 0.25) is 0 Å². The first-order valence-corrected chi connectivity index (χ1v) is 14.1. The topological polar surface area (TPSA) is 115 Å². The molecule has 8 nitrogen and oxygen atoms in total. The molecule has 4 aromatic heterocycles. The minimum Gasteiger partial charge on any atom is -0.365 e. The number of carbonyl (C=O) groups is 2. The van der Waals surface area contributed by atoms with Gasteiger partial charge >= 0.3 is 6.18 Å². The van der Waals surface area contributed by atoms with E-state index in [1.54, 1.807) is 30.3 Å². The fourth-order valence-corrected chi connectivity index (χ4v) is 6.38. The first-order chi connectivity index (χ1) is 21.0. The number of hydrogen-bond donors (Lipinski definition) is 2. The predicted octanol–water partition coefficient (Wildman–Crippen LogP) is 7.34. The Kier molecular flexibility index (Phi) is 6.35. The lowest BCUT2D eigenvalue weighted by atomic mass is 10.0. The van der Waals surface area contributed by atoms with E-state index < -0.39 is 35.8 Å². The fourth-order valence-electron chi connectivity index (χ4n) is 5.36. The zero-order chi connectivity index (χ0) is 30.9. The third-order valence-electron chi connectivity index (χ3n) is 7.49. The van der Waals surface area contributed by atoms with E-state index >= 15 is 0 Å². The molecule has 7 rings (SSSR count). The summed E-state index contributed by atoms with van der Waals surface area (Å²) in [5, 5.41) is 8.16. The van der Waals surface area contributed by atoms with Crippen molar-refractivity contribution in [1.29, 1.82) is 0 Å². The molecule has 2 amide bonds. The van der Waals surface area contributed by atoms with E-state index in [4.69, 9.17) is 5.73 Å². The highest BCUT2D eigenvalue weighted by Gasteiger charge is 2.37. The van der Waals surface area contributed by atoms with Crippen molar-refractivity contribution in [2.24, 2.45) is 5.73 Å². The molecule has 1 aliphatic rings. The molecule has 0 bridgehead atoms. The van der Waals surface area contributed by atoms with Crippen molar-refractivity contribution in [3.63, 3.8) is 0 Å². The van der Waals surface area contributed by atoms with Crippen molar-refractivity contribution in [2.75, 3.05) is 5.32 Å². The molecular formula is C30H19F5N6O2S. The van der Waals surface area contributed by atoms with Crippen LogP contribution in [0.5, 0.6) is 0 Å². The van der Waals surface area contributed by atoms with Crippen molar-refractivity contribution in [2.45, 2.75) is 31.4 Å². The summed E-state index contributed by atoms with van der Waals surface area (Å²) in [5.74, 6) is -1.93. The van der Waals surface area contributed by atoms with Crippen LogP contribution in [-0.4, -0.2) is 31.4 Å². The van der Waals surface area contributed by atoms with Gasteiger partial charge in [0.2, 0.25) is 0 Å². The number of pyridine rings is 1. The number of aromatic nitrogens is 4. The Labute approximate surface area is 248 Å². The summed E-state index contributed by atoms with van der Waals surface area (Å²) in [6.07, 6.45) is -5.33. The van der Waals surface area contributed by atoms with Gasteiger partial charge in [-0.3, -0.25) is 9.59 Å². The molecule has 6 aromatic rings. The number of halogens is 5. The van der Waals surface area contributed by atoms with Gasteiger partial charge in [-0.05, 0) is 47.2 Å². The minimum atomic E-state index is -4.85. The number of alkyl halides is 5. The van der Waals surface area contributed by atoms with Crippen LogP contribution in [0, 0.1) is 0 Å². The zero-order valence-electron chi connectivity index (χ0n) is 22.3. The average Bonchev–Trinajstić information content (AvgIpc) is 3.65. The molecule has 0 saturated heterocycles. The van der Waals surface area contributed by atoms with Gasteiger partial charge in [0.25, 0.3) is 18.2 Å². The van der Waals surface area contributed by atoms with Crippen LogP contribution in [0.25, 0.3) is 37.9 Å². The van der Waals surface area contributed by atoms with E-state index in [9.17, 15) is 31.5 Å². The maximum atomic E-state index is 14.3. The molecule has 0 atom stereocenters. The molecule has 3 N–H and O–H groups in total. The lowest BCUT2D eigenvalue weighted by Crippen LogP contribution is -2.18. The van der Waals surface area contributed by atoms with Gasteiger partial charge in [-0.1, -0.05) is 42.5 Å². The summed E-state index contributed by atoms with van der Waals surface area (Å²) in [6, 6.07) is 14.4. The molecular weight excluding hydrogens is 603 g/mol. The maximum Gasteiger partial charge on any atom is 0.433 e. The first-order valence-electron chi connectivity index (χ1n) is 13.3. The number of thiophene rings is 1. The number of amides is 2. The first kappa shape index (κ1) is 27.8. The van der Waals surface area contributed by atoms with Crippen molar-refractivity contribution >= 4 is 55.5 Å². The van der Waals surface area contributed by atoms with Crippen LogP contribution in [0.3, 0.4) is 0 Å². The Bertz CT molecular complexity index is 2150. The largest absolute Gasteiger partial charge is 0.433 e. The van der Waals surface area contributed by atoms with Crippen LogP contribution in [-0.2, 0) is 6.18 Å². The van der Waals surface area contributed by atoms with Crippen molar-refractivity contribution in [3.8, 4) is 11.3 Å². The van der Waals surface area contributed by atoms with Gasteiger partial charge in [-0.15, -0.1) is 11.3 Å². The molecule has 0 radical (unpaired) electrons. The third-order valence-corrected chi connectivity index (χ3v) is 8.59. The Morgan fingerprint density at radius 2 is 1.80 bits per heavy atom. The standard InChI is InChI=1S/C30H19F5N6O2S/c31-25(32)20-10-17(14-8-9-14)22-23(24(26(36)42)44-29(22)39-20)40-28(43)18-12-37-41-21(30(33,34)35)11-19(38-27(18)41)16-7-3-5-13-4-1-2-6-15(13)16/h1-7,10-12,14,25H,8-9H2,(H2,36,42)(H,40,43). The van der Waals surface area contributed by atoms with Gasteiger partial charge in [0.1, 0.15) is 21.0 Å². The highest BCUT2D eigenvalue weighted by molar-refractivity contribution is 7.21. The Hall–Kier alpha value is -4.98. The fraction of sp³-hybridized carbons (Fsp3) is 0.167. The average molecular weight is 623 g/mol. The van der Waals surface area contributed by atoms with Crippen LogP contribution >= 0.6 is 11.3 Å². The summed E-state index contributed by atoms with van der Waals surface area (Å²) in [7, 11) is 0. The molecule has 4 heterocycles. The number of benzene rings is 2. The quantitative estimate of drug-likeness (QED) is 0.189. The third kappa shape index (κ3) is 4.61. The number of rotatable bonds is 6. The number of nitrogens with one attached hydrogen (secondary N) is 1. The molecule has 0 unspecified atom stereocenters. The van der Waals surface area contributed by atoms with E-state index in [-0.39, 0.29) is 38.2 Å². The molecule has 0 aliphatic heterocycles. The summed E-state index contributed by atoms with van der Waals surface area (Å²) in [6.45, 7) is 0. The highest BCUT2D eigenvalue weighted by Crippen LogP contribution is 2.48. The van der Waals surface area contributed by atoms with Gasteiger partial charge in [0.15, 0.2) is 11.3 Å². The minimum absolute atomic E-state index is 0.0327. The summed E-state index contributed by atoms with van der Waals surface area (Å²) >= 11 is 0.753. The van der Waals surface area contributed by atoms with E-state index in [0.717, 1.165) is 29.0 Å². The number of carbonyl (C=O) groups excluding carboxylic acids is 2. The second kappa shape index (κ2) is 10.0. The van der Waals surface area contributed by atoms with Crippen molar-refractivity contribution in [3.05, 3.63) is 88.2 Å². The molecule has 44 heavy (non-hydrogen) atoms. The van der Waals surface area contributed by atoms with Gasteiger partial charge in [0.05, 0.1) is 17.6 Å². The van der Waals surface area contributed by atoms with E-state index in [1.165, 1.54) is 6.07 Å². The number of nitrogens with zero attached hydrogens (tertiary/aromatic N) is 4. The summed E-state index contributed by atoms with van der Waals surface area (Å²) in [5.41, 5.74) is 4.11. The maximum absolute atomic E-state index is 14.3. The number of hydrogen-bond acceptors (Lipinski definition) is 6. The van der Waals surface area contributed by atoms with Gasteiger partial charge < -0.3 is 11.1 Å². The number of primary amides is 1. The second-order valence-electron chi connectivity index (χ2n) is 10.4. The number of anilines is 1. The van der Waals surface area contributed by atoms with Gasteiger partial charge in [0, 0.05) is 10.9 Å². The molecule has 222 valence electrons. The summed E-state index contributed by atoms with van der Waals surface area (Å²) in [4.78, 5) is 34.5. The van der Waals surface area contributed by atoms with E-state index in [0.29, 0.717) is 39.3 Å². The lowest BCUT2D eigenvalue weighted by molar-refractivity contribution is -0.142. The normalized spacial score (nSPS) is 13.8. The van der Waals surface area contributed by atoms with Crippen LogP contribution < -0.4 is 11.1 Å². The molecule has 1 fully saturated rings. The van der Waals surface area contributed by atoms with Crippen molar-refractivity contribution in [1.82, 2.24) is 19.6 Å². The Balaban J connectivity index is 1.39. The number of fused-ring (bicyclic) bond motifs is 3. The van der Waals surface area contributed by atoms with E-state index in [1.807, 2.05) is 12.1 Å². The van der Waals surface area contributed by atoms with Crippen LogP contribution in [0.15, 0.2) is 60.8 Å². The molecule has 0 spiro atoms. The smallest absolute Gasteiger partial charge is 0.365 e. The van der Waals surface area contributed by atoms with Gasteiger partial charge in [-0.2, -0.15) is 18.3 Å². The van der Waals surface area contributed by atoms with E-state index in [2.05, 4.69) is 20.4 Å². The molecule has 1 aliphatic carbocycles. The second-order valence-corrected chi connectivity index (χ2v) is 11.4.